The number of pyridine rings is 2. The van der Waals surface area contributed by atoms with Gasteiger partial charge in [0.2, 0.25) is 0 Å². The minimum absolute atomic E-state index is 0. The van der Waals surface area contributed by atoms with Gasteiger partial charge < -0.3 is 28.7 Å². The van der Waals surface area contributed by atoms with E-state index in [0.717, 1.165) is 79.1 Å². The van der Waals surface area contributed by atoms with Crippen molar-refractivity contribution in [2.45, 2.75) is 12.8 Å². The molecule has 0 N–H and O–H groups in total. The number of nitrogens with zero attached hydrogens (tertiary/aromatic N) is 8. The third-order valence-electron chi connectivity index (χ3n) is 6.75. The summed E-state index contributed by atoms with van der Waals surface area (Å²) in [7, 11) is 0. The van der Waals surface area contributed by atoms with Gasteiger partial charge in [0.15, 0.2) is 0 Å². The van der Waals surface area contributed by atoms with E-state index >= 15 is 0 Å². The molecule has 0 saturated heterocycles. The van der Waals surface area contributed by atoms with E-state index in [1.54, 1.807) is 0 Å². The fraction of sp³-hybridized carbons (Fsp3) is 0.0714. The molecule has 0 spiro atoms. The first-order chi connectivity index (χ1) is 17.8. The van der Waals surface area contributed by atoms with E-state index in [-0.39, 0.29) is 21.1 Å². The first-order valence-corrected chi connectivity index (χ1v) is 11.7. The predicted molar refractivity (Wildman–Crippen MR) is 137 cm³/mol. The Morgan fingerprint density at radius 1 is 0.622 bits per heavy atom. The molecule has 0 fully saturated rings. The maximum Gasteiger partial charge on any atom is 2.00 e. The van der Waals surface area contributed by atoms with Crippen LogP contribution in [0.1, 0.15) is 11.4 Å². The van der Waals surface area contributed by atoms with Crippen molar-refractivity contribution in [3.63, 3.8) is 0 Å². The Morgan fingerprint density at radius 2 is 1.08 bits per heavy atom. The van der Waals surface area contributed by atoms with E-state index < -0.39 is 0 Å². The molecular formula is C28H16N8Pt. The number of imidazole rings is 2. The minimum Gasteiger partial charge on any atom is -0.341 e. The fourth-order valence-corrected chi connectivity index (χ4v) is 5.16. The molecule has 8 nitrogen and oxygen atoms in total. The van der Waals surface area contributed by atoms with Crippen LogP contribution in [0, 0.1) is 12.4 Å². The molecular weight excluding hydrogens is 643 g/mol. The van der Waals surface area contributed by atoms with Crippen molar-refractivity contribution >= 4 is 54.9 Å². The first kappa shape index (κ1) is 21.9. The molecule has 178 valence electrons. The van der Waals surface area contributed by atoms with E-state index in [4.69, 9.17) is 9.97 Å². The van der Waals surface area contributed by atoms with Crippen LogP contribution in [0.3, 0.4) is 0 Å². The van der Waals surface area contributed by atoms with Crippen molar-refractivity contribution in [3.8, 4) is 0 Å². The quantitative estimate of drug-likeness (QED) is 0.204. The van der Waals surface area contributed by atoms with Gasteiger partial charge in [0.1, 0.15) is 0 Å². The van der Waals surface area contributed by atoms with E-state index in [9.17, 15) is 0 Å². The average Bonchev–Trinajstić information content (AvgIpc) is 3.58. The van der Waals surface area contributed by atoms with E-state index in [1.165, 1.54) is 12.7 Å². The second-order valence-corrected chi connectivity index (χ2v) is 8.80. The van der Waals surface area contributed by atoms with Gasteiger partial charge >= 0.3 is 21.1 Å². The Bertz CT molecular complexity index is 1830. The normalized spacial score (nSPS) is 11.8. The summed E-state index contributed by atoms with van der Waals surface area (Å²) in [5.74, 6) is 0. The number of hydrogen-bond acceptors (Lipinski definition) is 6. The fourth-order valence-electron chi connectivity index (χ4n) is 5.16. The van der Waals surface area contributed by atoms with Crippen LogP contribution in [0.5, 0.6) is 0 Å². The number of hydrogen-bond donors (Lipinski definition) is 0. The number of benzene rings is 2. The summed E-state index contributed by atoms with van der Waals surface area (Å²) >= 11 is 0. The molecule has 6 heterocycles. The molecule has 37 heavy (non-hydrogen) atoms. The SMILES string of the molecule is [Pt+2].[c-]1ncnc2c1c1nc(CCc3cn4c5ccccc5c5ncn[c-]c5c4n3)cn1c1ccccc21. The summed E-state index contributed by atoms with van der Waals surface area (Å²) in [4.78, 5) is 27.2. The Kier molecular flexibility index (Phi) is 4.98. The predicted octanol–water partition coefficient (Wildman–Crippen LogP) is 4.56. The maximum absolute atomic E-state index is 4.95. The van der Waals surface area contributed by atoms with Crippen LogP contribution in [0.2, 0.25) is 0 Å². The van der Waals surface area contributed by atoms with Crippen molar-refractivity contribution in [3.05, 3.63) is 97.4 Å². The van der Waals surface area contributed by atoms with Crippen LogP contribution < -0.4 is 0 Å². The molecule has 8 rings (SSSR count). The van der Waals surface area contributed by atoms with E-state index in [1.807, 2.05) is 24.3 Å². The zero-order valence-corrected chi connectivity index (χ0v) is 21.5. The second-order valence-electron chi connectivity index (χ2n) is 8.80. The number of para-hydroxylation sites is 2. The number of fused-ring (bicyclic) bond motifs is 12. The van der Waals surface area contributed by atoms with Crippen molar-refractivity contribution in [1.82, 2.24) is 38.7 Å². The van der Waals surface area contributed by atoms with E-state index in [2.05, 4.69) is 77.8 Å². The van der Waals surface area contributed by atoms with Gasteiger partial charge in [0, 0.05) is 47.5 Å². The van der Waals surface area contributed by atoms with Gasteiger partial charge in [-0.1, -0.05) is 47.2 Å². The Labute approximate surface area is 224 Å². The second kappa shape index (κ2) is 8.39. The summed E-state index contributed by atoms with van der Waals surface area (Å²) < 4.78 is 4.23. The van der Waals surface area contributed by atoms with Crippen LogP contribution in [0.25, 0.3) is 54.9 Å². The summed E-state index contributed by atoms with van der Waals surface area (Å²) in [5, 5.41) is 3.76. The molecule has 0 atom stereocenters. The number of aromatic nitrogens is 8. The minimum atomic E-state index is 0. The molecule has 8 aromatic rings. The van der Waals surface area contributed by atoms with Crippen LogP contribution >= 0.6 is 0 Å². The molecule has 6 aromatic heterocycles. The standard InChI is InChI=1S/C28H16N8.Pt/c1-3-7-23-19(5-1)25-21(11-29-15-31-25)27-33-17(13-35(23)27)9-10-18-14-36-24-8-4-2-6-20(24)26-22(28(36)34-18)12-30-16-32-26;/h1-8,13-16H,9-10H2;/q-2;+2. The zero-order valence-electron chi connectivity index (χ0n) is 19.2. The first-order valence-electron chi connectivity index (χ1n) is 11.7. The molecule has 0 unspecified atom stereocenters. The maximum atomic E-state index is 4.95. The third-order valence-corrected chi connectivity index (χ3v) is 6.75. The Morgan fingerprint density at radius 3 is 1.57 bits per heavy atom. The third kappa shape index (κ3) is 3.26. The Hall–Kier alpha value is -4.29. The Balaban J connectivity index is 0.00000231. The zero-order chi connectivity index (χ0) is 23.6. The molecule has 0 aliphatic carbocycles. The van der Waals surface area contributed by atoms with E-state index in [0.29, 0.717) is 0 Å². The van der Waals surface area contributed by atoms with Crippen molar-refractivity contribution in [2.24, 2.45) is 0 Å². The molecule has 0 amide bonds. The summed E-state index contributed by atoms with van der Waals surface area (Å²) in [6.45, 7) is 0. The molecule has 0 aliphatic rings. The largest absolute Gasteiger partial charge is 2.00 e. The van der Waals surface area contributed by atoms with Gasteiger partial charge in [-0.05, 0) is 59.2 Å². The van der Waals surface area contributed by atoms with Gasteiger partial charge in [-0.15, -0.1) is 0 Å². The molecule has 9 heteroatoms. The number of aryl methyl sites for hydroxylation is 2. The summed E-state index contributed by atoms with van der Waals surface area (Å²) in [6.07, 6.45) is 14.9. The molecule has 0 saturated carbocycles. The van der Waals surface area contributed by atoms with Gasteiger partial charge in [-0.3, -0.25) is 9.97 Å². The number of rotatable bonds is 3. The molecule has 0 aliphatic heterocycles. The molecule has 0 bridgehead atoms. The summed E-state index contributed by atoms with van der Waals surface area (Å²) in [6, 6.07) is 16.4. The van der Waals surface area contributed by atoms with Crippen LogP contribution in [0.4, 0.5) is 0 Å². The van der Waals surface area contributed by atoms with Crippen LogP contribution in [0.15, 0.2) is 73.6 Å². The van der Waals surface area contributed by atoms with Gasteiger partial charge in [0.25, 0.3) is 0 Å². The summed E-state index contributed by atoms with van der Waals surface area (Å²) in [5.41, 5.74) is 7.44. The van der Waals surface area contributed by atoms with Crippen LogP contribution in [-0.2, 0) is 33.9 Å². The molecule has 0 radical (unpaired) electrons. The average molecular weight is 660 g/mol. The monoisotopic (exact) mass is 659 g/mol. The van der Waals surface area contributed by atoms with Crippen molar-refractivity contribution < 1.29 is 21.1 Å². The van der Waals surface area contributed by atoms with Crippen LogP contribution in [-0.4, -0.2) is 38.7 Å². The van der Waals surface area contributed by atoms with Crippen molar-refractivity contribution in [2.75, 3.05) is 0 Å². The smallest absolute Gasteiger partial charge is 0.341 e. The topological polar surface area (TPSA) is 86.2 Å². The van der Waals surface area contributed by atoms with Crippen molar-refractivity contribution in [1.29, 1.82) is 0 Å². The van der Waals surface area contributed by atoms with Gasteiger partial charge in [0.05, 0.1) is 11.3 Å². The molecule has 2 aromatic carbocycles. The van der Waals surface area contributed by atoms with Gasteiger partial charge in [-0.2, -0.15) is 0 Å². The van der Waals surface area contributed by atoms with Gasteiger partial charge in [-0.25, -0.2) is 0 Å².